The van der Waals surface area contributed by atoms with Crippen LogP contribution >= 0.6 is 24.8 Å². The van der Waals surface area contributed by atoms with Crippen molar-refractivity contribution < 1.29 is 0 Å². The first kappa shape index (κ1) is 16.1. The van der Waals surface area contributed by atoms with Gasteiger partial charge in [0.1, 0.15) is 4.32 Å². The molecule has 72 valence electrons. The molecule has 0 aliphatic carbocycles. The van der Waals surface area contributed by atoms with E-state index in [1.165, 1.54) is 0 Å². The van der Waals surface area contributed by atoms with E-state index >= 15 is 0 Å². The molecule has 0 fully saturated rings. The second-order valence-corrected chi connectivity index (χ2v) is 4.17. The van der Waals surface area contributed by atoms with E-state index in [2.05, 4.69) is 25.8 Å². The summed E-state index contributed by atoms with van der Waals surface area (Å²) in [6.07, 6.45) is 0. The molecule has 0 saturated heterocycles. The van der Waals surface area contributed by atoms with E-state index in [0.717, 1.165) is 24.2 Å². The number of thiocarbonyl (C=S) groups is 1. The van der Waals surface area contributed by atoms with E-state index in [4.69, 9.17) is 12.2 Å². The van der Waals surface area contributed by atoms with Crippen LogP contribution < -0.4 is 0 Å². The Labute approximate surface area is 112 Å². The Bertz CT molecular complexity index is 198. The number of hydrogen-bond donors (Lipinski definition) is 1. The van der Waals surface area contributed by atoms with Crippen molar-refractivity contribution in [3.63, 3.8) is 0 Å². The molecule has 13 heavy (non-hydrogen) atoms. The summed E-state index contributed by atoms with van der Waals surface area (Å²) in [5.41, 5.74) is 2.15. The van der Waals surface area contributed by atoms with Crippen LogP contribution in [0.2, 0.25) is 0 Å². The van der Waals surface area contributed by atoms with Crippen molar-refractivity contribution in [3.8, 4) is 0 Å². The first-order valence-corrected chi connectivity index (χ1v) is 4.55. The van der Waals surface area contributed by atoms with E-state index in [1.54, 1.807) is 0 Å². The molecule has 4 heteroatoms. The number of thiol groups is 1. The van der Waals surface area contributed by atoms with Crippen molar-refractivity contribution in [2.75, 3.05) is 13.1 Å². The van der Waals surface area contributed by atoms with Gasteiger partial charge in [0.2, 0.25) is 0 Å². The SMILES string of the molecule is C=C(C)CN(CC(=C)C)C(=S)S.[Pb]. The Kier molecular flexibility index (Phi) is 9.89. The van der Waals surface area contributed by atoms with Gasteiger partial charge in [-0.05, 0) is 13.8 Å². The Morgan fingerprint density at radius 2 is 1.54 bits per heavy atom. The van der Waals surface area contributed by atoms with Gasteiger partial charge >= 0.3 is 0 Å². The molecule has 0 amide bonds. The maximum absolute atomic E-state index is 4.96. The predicted molar refractivity (Wildman–Crippen MR) is 68.5 cm³/mol. The molecule has 4 radical (unpaired) electrons. The molecule has 0 aliphatic heterocycles. The topological polar surface area (TPSA) is 3.24 Å². The summed E-state index contributed by atoms with van der Waals surface area (Å²) in [7, 11) is 0. The summed E-state index contributed by atoms with van der Waals surface area (Å²) in [5, 5.41) is 0. The number of hydrogen-bond acceptors (Lipinski definition) is 1. The average molecular weight is 409 g/mol. The molecule has 0 aromatic heterocycles. The monoisotopic (exact) mass is 409 g/mol. The molecule has 0 bridgehead atoms. The second-order valence-electron chi connectivity index (χ2n) is 3.05. The van der Waals surface area contributed by atoms with Crippen molar-refractivity contribution in [1.82, 2.24) is 4.90 Å². The van der Waals surface area contributed by atoms with Crippen molar-refractivity contribution in [1.29, 1.82) is 0 Å². The molecular formula is C9H15NPbS2. The molecule has 0 saturated carbocycles. The van der Waals surface area contributed by atoms with Crippen LogP contribution in [-0.2, 0) is 0 Å². The minimum Gasteiger partial charge on any atom is -0.350 e. The fourth-order valence-electron chi connectivity index (χ4n) is 0.843. The first-order chi connectivity index (χ1) is 5.43. The van der Waals surface area contributed by atoms with Gasteiger partial charge in [-0.1, -0.05) is 36.5 Å². The summed E-state index contributed by atoms with van der Waals surface area (Å²) in [6.45, 7) is 13.1. The third-order valence-electron chi connectivity index (χ3n) is 1.19. The van der Waals surface area contributed by atoms with Crippen molar-refractivity contribution in [3.05, 3.63) is 24.3 Å². The first-order valence-electron chi connectivity index (χ1n) is 3.70. The van der Waals surface area contributed by atoms with Crippen LogP contribution in [0.3, 0.4) is 0 Å². The molecule has 0 unspecified atom stereocenters. The van der Waals surface area contributed by atoms with Gasteiger partial charge in [0.25, 0.3) is 0 Å². The summed E-state index contributed by atoms with van der Waals surface area (Å²) >= 11 is 9.08. The zero-order valence-corrected chi connectivity index (χ0v) is 13.7. The number of nitrogens with zero attached hydrogens (tertiary/aromatic N) is 1. The van der Waals surface area contributed by atoms with Gasteiger partial charge in [0.05, 0.1) is 0 Å². The minimum absolute atomic E-state index is 0. The molecule has 0 aromatic rings. The van der Waals surface area contributed by atoms with Crippen molar-refractivity contribution in [2.24, 2.45) is 0 Å². The standard InChI is InChI=1S/C9H15NS2.Pb/c1-7(2)5-10(9(11)12)6-8(3)4;/h1,3,5-6H2,2,4H3,(H,11,12);. The Hall–Kier alpha value is 0.642. The molecule has 0 spiro atoms. The predicted octanol–water partition coefficient (Wildman–Crippen LogP) is 2.27. The van der Waals surface area contributed by atoms with E-state index < -0.39 is 0 Å². The molecule has 0 rings (SSSR count). The summed E-state index contributed by atoms with van der Waals surface area (Å²) in [6, 6.07) is 0. The van der Waals surface area contributed by atoms with Gasteiger partial charge in [0, 0.05) is 40.4 Å². The van der Waals surface area contributed by atoms with E-state index in [1.807, 2.05) is 18.7 Å². The molecular weight excluding hydrogens is 393 g/mol. The second kappa shape index (κ2) is 7.99. The zero-order valence-electron chi connectivity index (χ0n) is 8.13. The van der Waals surface area contributed by atoms with Crippen LogP contribution in [-0.4, -0.2) is 49.6 Å². The number of rotatable bonds is 4. The van der Waals surface area contributed by atoms with Crippen LogP contribution in [0, 0.1) is 0 Å². The average Bonchev–Trinajstić information content (AvgIpc) is 1.83. The van der Waals surface area contributed by atoms with Crippen LogP contribution in [0.1, 0.15) is 13.8 Å². The normalized spacial score (nSPS) is 8.54. The Morgan fingerprint density at radius 3 is 1.69 bits per heavy atom. The third-order valence-corrected chi connectivity index (χ3v) is 1.73. The Morgan fingerprint density at radius 1 is 1.23 bits per heavy atom. The van der Waals surface area contributed by atoms with Gasteiger partial charge < -0.3 is 4.90 Å². The molecule has 1 nitrogen and oxygen atoms in total. The summed E-state index contributed by atoms with van der Waals surface area (Å²) < 4.78 is 0.598. The van der Waals surface area contributed by atoms with Gasteiger partial charge in [-0.15, -0.1) is 12.6 Å². The Balaban J connectivity index is 0. The fourth-order valence-corrected chi connectivity index (χ4v) is 1.11. The third kappa shape index (κ3) is 8.96. The van der Waals surface area contributed by atoms with Crippen LogP contribution in [0.4, 0.5) is 0 Å². The smallest absolute Gasteiger partial charge is 0.133 e. The van der Waals surface area contributed by atoms with E-state index in [0.29, 0.717) is 4.32 Å². The quantitative estimate of drug-likeness (QED) is 0.329. The van der Waals surface area contributed by atoms with Gasteiger partial charge in [-0.3, -0.25) is 0 Å². The summed E-state index contributed by atoms with van der Waals surface area (Å²) in [4.78, 5) is 1.96. The largest absolute Gasteiger partial charge is 0.350 e. The van der Waals surface area contributed by atoms with Crippen LogP contribution in [0.5, 0.6) is 0 Å². The summed E-state index contributed by atoms with van der Waals surface area (Å²) in [5.74, 6) is 0. The molecule has 0 aromatic carbocycles. The molecule has 0 atom stereocenters. The molecule has 0 heterocycles. The maximum atomic E-state index is 4.96. The van der Waals surface area contributed by atoms with Crippen molar-refractivity contribution in [2.45, 2.75) is 13.8 Å². The van der Waals surface area contributed by atoms with Crippen LogP contribution in [0.15, 0.2) is 24.3 Å². The maximum Gasteiger partial charge on any atom is 0.133 e. The van der Waals surface area contributed by atoms with E-state index in [9.17, 15) is 0 Å². The molecule has 0 aliphatic rings. The zero-order chi connectivity index (χ0) is 9.72. The van der Waals surface area contributed by atoms with Crippen LogP contribution in [0.25, 0.3) is 0 Å². The minimum atomic E-state index is 0. The molecule has 0 N–H and O–H groups in total. The fraction of sp³-hybridized carbons (Fsp3) is 0.444. The van der Waals surface area contributed by atoms with Gasteiger partial charge in [-0.25, -0.2) is 0 Å². The van der Waals surface area contributed by atoms with E-state index in [-0.39, 0.29) is 27.3 Å². The van der Waals surface area contributed by atoms with Gasteiger partial charge in [0.15, 0.2) is 0 Å². The van der Waals surface area contributed by atoms with Crippen molar-refractivity contribution >= 4 is 56.5 Å². The van der Waals surface area contributed by atoms with Gasteiger partial charge in [-0.2, -0.15) is 0 Å².